The van der Waals surface area contributed by atoms with E-state index in [1.54, 1.807) is 37.4 Å². The summed E-state index contributed by atoms with van der Waals surface area (Å²) in [7, 11) is 19.3. The molecule has 10 aromatic rings. The number of anilines is 3. The minimum absolute atomic E-state index is 0. The van der Waals surface area contributed by atoms with Crippen LogP contribution in [0.1, 0.15) is 51.4 Å². The Hall–Kier alpha value is -9.59. The number of unbranched alkanes of at least 4 members (excludes halogenated alkanes) is 6. The molecule has 0 saturated carbocycles. The number of nitrogens with zero attached hydrogens (tertiary/aromatic N) is 20. The van der Waals surface area contributed by atoms with Gasteiger partial charge in [-0.25, -0.2) is 23.3 Å². The number of alkyl halides is 1. The van der Waals surface area contributed by atoms with Crippen molar-refractivity contribution < 1.29 is 57.1 Å². The smallest absolute Gasteiger partial charge is 0.421 e. The highest BCUT2D eigenvalue weighted by atomic mass is 79.9. The Morgan fingerprint density at radius 3 is 1.19 bits per heavy atom. The van der Waals surface area contributed by atoms with Crippen LogP contribution in [0.15, 0.2) is 271 Å². The molecule has 0 aliphatic heterocycles. The fraction of sp³-hybridized carbons (Fsp3) is 0.301. The van der Waals surface area contributed by atoms with Gasteiger partial charge in [-0.2, -0.15) is 20.5 Å². The van der Waals surface area contributed by atoms with E-state index in [1.165, 1.54) is 25.7 Å². The number of azo groups is 5. The third-order valence-electron chi connectivity index (χ3n) is 14.6. The lowest BCUT2D eigenvalue weighted by atomic mass is 10.2. The van der Waals surface area contributed by atoms with Gasteiger partial charge in [-0.3, -0.25) is 4.98 Å². The molecule has 0 saturated heterocycles. The van der Waals surface area contributed by atoms with Crippen molar-refractivity contribution in [1.82, 2.24) is 19.1 Å². The molecule has 10 rings (SSSR count). The summed E-state index contributed by atoms with van der Waals surface area (Å²) in [5.41, 5.74) is 10.1. The molecule has 0 amide bonds. The molecule has 0 aliphatic rings. The highest BCUT2D eigenvalue weighted by Gasteiger charge is 2.15. The Labute approximate surface area is 606 Å². The Morgan fingerprint density at radius 2 is 0.796 bits per heavy atom. The van der Waals surface area contributed by atoms with Crippen LogP contribution in [0.5, 0.6) is 11.5 Å². The van der Waals surface area contributed by atoms with E-state index in [9.17, 15) is 0 Å². The number of hydrogen-bond acceptors (Lipinski definition) is 17. The molecule has 0 unspecified atom stereocenters. The fourth-order valence-corrected chi connectivity index (χ4v) is 9.47. The van der Waals surface area contributed by atoms with E-state index in [1.807, 2.05) is 236 Å². The first-order chi connectivity index (χ1) is 46.7. The number of aromatic nitrogens is 7. The quantitative estimate of drug-likeness (QED) is 0.0201. The maximum Gasteiger partial charge on any atom is 0.421 e. The van der Waals surface area contributed by atoms with Crippen molar-refractivity contribution in [2.45, 2.75) is 71.0 Å². The molecule has 98 heavy (non-hydrogen) atoms. The van der Waals surface area contributed by atoms with Crippen molar-refractivity contribution in [2.75, 3.05) is 76.5 Å². The summed E-state index contributed by atoms with van der Waals surface area (Å²) < 4.78 is 20.6. The van der Waals surface area contributed by atoms with Crippen LogP contribution >= 0.6 is 15.9 Å². The van der Waals surface area contributed by atoms with Crippen molar-refractivity contribution in [3.8, 4) is 11.5 Å². The number of imidazole rings is 2. The van der Waals surface area contributed by atoms with Gasteiger partial charge in [0.05, 0.1) is 68.6 Å². The van der Waals surface area contributed by atoms with Gasteiger partial charge in [-0.15, -0.1) is 20.5 Å². The number of hydrogen-bond donors (Lipinski definition) is 0. The average Bonchev–Trinajstić information content (AvgIpc) is 1.22. The second-order valence-corrected chi connectivity index (χ2v) is 23.5. The van der Waals surface area contributed by atoms with Gasteiger partial charge in [0.25, 0.3) is 0 Å². The monoisotopic (exact) mass is 1520 g/mol. The zero-order valence-electron chi connectivity index (χ0n) is 57.7. The molecule has 0 spiro atoms. The Kier molecular flexibility index (Phi) is 35.7. The van der Waals surface area contributed by atoms with E-state index in [0.717, 1.165) is 131 Å². The summed E-state index contributed by atoms with van der Waals surface area (Å²) in [6, 6.07) is 50.6. The van der Waals surface area contributed by atoms with E-state index in [0.29, 0.717) is 5.95 Å². The number of halogens is 3. The molecule has 514 valence electrons. The lowest BCUT2D eigenvalue weighted by Crippen LogP contribution is -3.00. The zero-order valence-corrected chi connectivity index (χ0v) is 62.4. The van der Waals surface area contributed by atoms with Crippen LogP contribution in [0.25, 0.3) is 0 Å². The van der Waals surface area contributed by atoms with Gasteiger partial charge in [0.2, 0.25) is 5.95 Å². The molecule has 25 heteroatoms. The molecule has 0 N–H and O–H groups in total. The van der Waals surface area contributed by atoms with E-state index < -0.39 is 0 Å². The van der Waals surface area contributed by atoms with Crippen molar-refractivity contribution >= 4 is 90.4 Å². The van der Waals surface area contributed by atoms with Crippen LogP contribution in [0.2, 0.25) is 0 Å². The SMILES string of the molecule is CN(C)c1ccc(N=Nc2ccc[n+](CCCCCCBr)c2)cc1.CN(C)c1ccc(N=Nc2ccncc2)cc1.COc1ccc(N=Nc2n(CCCCCC[n+]3cccc(N=Nc4ccc(N(C)C)cc4)c3)cc[n+]2C)cc1.COc1ccc(N=Nc2nccn2C)cc1.[Br-].[Br-]. The number of methoxy groups -OCH3 is 2. The highest BCUT2D eigenvalue weighted by molar-refractivity contribution is 9.09. The molecule has 5 aromatic heterocycles. The van der Waals surface area contributed by atoms with Crippen LogP contribution in [0, 0.1) is 0 Å². The number of benzene rings is 5. The number of pyridine rings is 3. The van der Waals surface area contributed by atoms with Crippen molar-refractivity contribution in [3.63, 3.8) is 0 Å². The zero-order chi connectivity index (χ0) is 68.1. The normalized spacial score (nSPS) is 10.9. The van der Waals surface area contributed by atoms with Gasteiger partial charge in [-0.05, 0) is 171 Å². The minimum atomic E-state index is 0. The summed E-state index contributed by atoms with van der Waals surface area (Å²) in [5.74, 6) is 3.02. The Bertz CT molecular complexity index is 4000. The summed E-state index contributed by atoms with van der Waals surface area (Å²) in [6.07, 6.45) is 28.8. The van der Waals surface area contributed by atoms with Crippen molar-refractivity contribution in [3.05, 3.63) is 220 Å². The molecule has 0 atom stereocenters. The predicted octanol–water partition coefficient (Wildman–Crippen LogP) is 12.6. The molecule has 0 aliphatic carbocycles. The summed E-state index contributed by atoms with van der Waals surface area (Å²) in [5, 5.41) is 43.8. The van der Waals surface area contributed by atoms with E-state index in [2.05, 4.69) is 132 Å². The van der Waals surface area contributed by atoms with Gasteiger partial charge in [0.1, 0.15) is 41.7 Å². The molecule has 5 heterocycles. The second-order valence-electron chi connectivity index (χ2n) is 22.7. The molecule has 22 nitrogen and oxygen atoms in total. The van der Waals surface area contributed by atoms with Gasteiger partial charge in [-0.1, -0.05) is 33.9 Å². The highest BCUT2D eigenvalue weighted by Crippen LogP contribution is 2.26. The number of rotatable bonds is 28. The molecular formula is C73H90Br3N20O2+. The van der Waals surface area contributed by atoms with Gasteiger partial charge in [0, 0.05) is 127 Å². The Morgan fingerprint density at radius 1 is 0.418 bits per heavy atom. The molecule has 5 aromatic carbocycles. The van der Waals surface area contributed by atoms with Crippen LogP contribution in [0.3, 0.4) is 0 Å². The lowest BCUT2D eigenvalue weighted by Gasteiger charge is -2.11. The average molecular weight is 1520 g/mol. The fourth-order valence-electron chi connectivity index (χ4n) is 9.07. The lowest BCUT2D eigenvalue weighted by molar-refractivity contribution is -0.697. The number of ether oxygens (including phenoxy) is 2. The van der Waals surface area contributed by atoms with Crippen molar-refractivity contribution in [2.24, 2.45) is 65.2 Å². The van der Waals surface area contributed by atoms with Crippen LogP contribution in [-0.2, 0) is 33.7 Å². The van der Waals surface area contributed by atoms with E-state index in [-0.39, 0.29) is 34.0 Å². The number of aryl methyl sites for hydroxylation is 5. The van der Waals surface area contributed by atoms with Crippen molar-refractivity contribution in [1.29, 1.82) is 0 Å². The van der Waals surface area contributed by atoms with Gasteiger partial charge >= 0.3 is 5.95 Å². The summed E-state index contributed by atoms with van der Waals surface area (Å²) in [6.45, 7) is 2.90. The van der Waals surface area contributed by atoms with Crippen LogP contribution in [-0.4, -0.2) is 80.9 Å². The first kappa shape index (κ1) is 79.1. The van der Waals surface area contributed by atoms with Gasteiger partial charge < -0.3 is 62.7 Å². The van der Waals surface area contributed by atoms with Crippen LogP contribution < -0.4 is 71.8 Å². The summed E-state index contributed by atoms with van der Waals surface area (Å²) >= 11 is 3.47. The minimum Gasteiger partial charge on any atom is -1.00 e. The predicted molar refractivity (Wildman–Crippen MR) is 386 cm³/mol. The molecule has 0 bridgehead atoms. The third kappa shape index (κ3) is 28.6. The maximum absolute atomic E-state index is 5.20. The molecule has 0 fully saturated rings. The third-order valence-corrected chi connectivity index (χ3v) is 15.2. The largest absolute Gasteiger partial charge is 1.00 e. The maximum atomic E-state index is 5.20. The topological polar surface area (TPSA) is 199 Å². The standard InChI is InChI=1S/C30H38N8O.C19H26BrN4.C13H14N4.C11H12N4O.2BrH/c1-35(2)28-15-11-25(12-16-28)31-33-27-10-9-20-37(24-27)19-7-5-6-8-21-38-23-22-36(3)30(38)34-32-26-13-17-29(39-4)18-14-26;1-23(2)19-11-9-17(10-12-19)21-22-18-8-7-15-24(16-18)14-6-4-3-5-13-20;1-17(2)13-5-3-11(4-6-13)15-16-12-7-9-14-10-8-12;1-15-8-7-12-11(15)14-13-9-3-5-10(16-2)6-4-9;;/h9-18,20,22-24H,5-8,19,21H2,1-4H3;7-12,15-16H,3-6,13-14H2,1-2H3;3-10H,1-2H3;3-8H,1-2H3;2*1H/q+2;+1;;;;/p-2. The molecular weight excluding hydrogens is 1430 g/mol. The van der Waals surface area contributed by atoms with E-state index >= 15 is 0 Å². The van der Waals surface area contributed by atoms with E-state index in [4.69, 9.17) is 9.47 Å². The summed E-state index contributed by atoms with van der Waals surface area (Å²) in [4.78, 5) is 14.1. The second kappa shape index (κ2) is 44.3. The first-order valence-corrected chi connectivity index (χ1v) is 33.0. The first-order valence-electron chi connectivity index (χ1n) is 31.9. The molecule has 0 radical (unpaired) electrons. The Balaban J connectivity index is 0.000000251. The van der Waals surface area contributed by atoms with Crippen LogP contribution in [0.4, 0.5) is 74.5 Å². The van der Waals surface area contributed by atoms with Gasteiger partial charge in [0.15, 0.2) is 24.8 Å².